The topological polar surface area (TPSA) is 82.6 Å². The molecule has 0 radical (unpaired) electrons. The number of esters is 1. The number of halogens is 1. The van der Waals surface area contributed by atoms with Gasteiger partial charge in [-0.1, -0.05) is 11.6 Å². The number of hydrogen-bond donors (Lipinski definition) is 1. The summed E-state index contributed by atoms with van der Waals surface area (Å²) in [6.07, 6.45) is 0. The molecule has 0 fully saturated rings. The first-order chi connectivity index (χ1) is 12.2. The molecule has 0 unspecified atom stereocenters. The van der Waals surface area contributed by atoms with Crippen LogP contribution in [0.1, 0.15) is 36.8 Å². The van der Waals surface area contributed by atoms with E-state index < -0.39 is 11.6 Å². The van der Waals surface area contributed by atoms with Crippen LogP contribution in [0.4, 0.5) is 5.95 Å². The van der Waals surface area contributed by atoms with Gasteiger partial charge in [0.15, 0.2) is 5.69 Å². The first-order valence-corrected chi connectivity index (χ1v) is 8.32. The summed E-state index contributed by atoms with van der Waals surface area (Å²) in [4.78, 5) is 20.4. The number of ether oxygens (including phenoxy) is 3. The largest absolute Gasteiger partial charge is 0.497 e. The maximum absolute atomic E-state index is 12.2. The van der Waals surface area contributed by atoms with E-state index >= 15 is 0 Å². The van der Waals surface area contributed by atoms with Crippen LogP contribution in [0.3, 0.4) is 0 Å². The summed E-state index contributed by atoms with van der Waals surface area (Å²) in [5.41, 5.74) is 0.332. The molecule has 1 N–H and O–H groups in total. The number of hydrogen-bond acceptors (Lipinski definition) is 7. The highest BCUT2D eigenvalue weighted by molar-refractivity contribution is 6.29. The number of methoxy groups -OCH3 is 2. The van der Waals surface area contributed by atoms with Gasteiger partial charge in [-0.05, 0) is 32.9 Å². The Morgan fingerprint density at radius 2 is 1.88 bits per heavy atom. The summed E-state index contributed by atoms with van der Waals surface area (Å²) in [6.45, 7) is 5.72. The molecule has 26 heavy (non-hydrogen) atoms. The fourth-order valence-electron chi connectivity index (χ4n) is 2.10. The lowest BCUT2D eigenvalue weighted by Crippen LogP contribution is -2.24. The van der Waals surface area contributed by atoms with E-state index in [2.05, 4.69) is 15.3 Å². The van der Waals surface area contributed by atoms with Crippen LogP contribution in [-0.4, -0.2) is 35.8 Å². The number of benzene rings is 1. The van der Waals surface area contributed by atoms with E-state index in [9.17, 15) is 4.79 Å². The number of carbonyl (C=O) groups excluding carboxylic acids is 1. The van der Waals surface area contributed by atoms with Crippen LogP contribution >= 0.6 is 11.6 Å². The quantitative estimate of drug-likeness (QED) is 0.605. The Hall–Kier alpha value is -2.54. The van der Waals surface area contributed by atoms with Crippen molar-refractivity contribution in [2.24, 2.45) is 0 Å². The molecule has 0 aliphatic rings. The smallest absolute Gasteiger partial charge is 0.357 e. The molecule has 0 atom stereocenters. The minimum atomic E-state index is -0.626. The Kier molecular flexibility index (Phi) is 6.26. The van der Waals surface area contributed by atoms with Crippen molar-refractivity contribution in [1.29, 1.82) is 0 Å². The molecule has 0 aliphatic carbocycles. The molecule has 7 nitrogen and oxygen atoms in total. The zero-order valence-electron chi connectivity index (χ0n) is 15.4. The van der Waals surface area contributed by atoms with Gasteiger partial charge in [0.25, 0.3) is 0 Å². The summed E-state index contributed by atoms with van der Waals surface area (Å²) in [5, 5.41) is 3.18. The zero-order valence-corrected chi connectivity index (χ0v) is 16.2. The second-order valence-electron chi connectivity index (χ2n) is 6.43. The van der Waals surface area contributed by atoms with Gasteiger partial charge in [0, 0.05) is 24.2 Å². The molecule has 1 aromatic carbocycles. The SMILES string of the molecule is COc1ccc(CNc2nc(Cl)cc(C(=O)OC(C)(C)C)n2)c(OC)c1. The van der Waals surface area contributed by atoms with Crippen molar-refractivity contribution >= 4 is 23.5 Å². The zero-order chi connectivity index (χ0) is 19.3. The van der Waals surface area contributed by atoms with Crippen molar-refractivity contribution in [2.75, 3.05) is 19.5 Å². The van der Waals surface area contributed by atoms with Crippen LogP contribution in [0, 0.1) is 0 Å². The molecule has 0 saturated heterocycles. The van der Waals surface area contributed by atoms with Crippen LogP contribution in [0.15, 0.2) is 24.3 Å². The van der Waals surface area contributed by atoms with E-state index in [1.165, 1.54) is 6.07 Å². The summed E-state index contributed by atoms with van der Waals surface area (Å²) < 4.78 is 15.8. The average Bonchev–Trinajstić information content (AvgIpc) is 2.57. The summed E-state index contributed by atoms with van der Waals surface area (Å²) in [6, 6.07) is 6.84. The molecule has 8 heteroatoms. The third-order valence-corrected chi connectivity index (χ3v) is 3.43. The van der Waals surface area contributed by atoms with Gasteiger partial charge in [0.2, 0.25) is 5.95 Å². The maximum atomic E-state index is 12.2. The van der Waals surface area contributed by atoms with Crippen LogP contribution in [-0.2, 0) is 11.3 Å². The van der Waals surface area contributed by atoms with Crippen molar-refractivity contribution in [2.45, 2.75) is 32.9 Å². The third kappa shape index (κ3) is 5.49. The summed E-state index contributed by atoms with van der Waals surface area (Å²) >= 11 is 6.01. The van der Waals surface area contributed by atoms with E-state index in [0.717, 1.165) is 5.56 Å². The highest BCUT2D eigenvalue weighted by Gasteiger charge is 2.20. The van der Waals surface area contributed by atoms with Gasteiger partial charge in [-0.2, -0.15) is 0 Å². The number of nitrogens with one attached hydrogen (secondary N) is 1. The van der Waals surface area contributed by atoms with Crippen LogP contribution in [0.2, 0.25) is 5.15 Å². The van der Waals surface area contributed by atoms with Gasteiger partial charge < -0.3 is 19.5 Å². The van der Waals surface area contributed by atoms with Crippen molar-refractivity contribution in [3.05, 3.63) is 40.7 Å². The fourth-order valence-corrected chi connectivity index (χ4v) is 2.29. The lowest BCUT2D eigenvalue weighted by molar-refractivity contribution is 0.00627. The first kappa shape index (κ1) is 19.8. The number of nitrogens with zero attached hydrogens (tertiary/aromatic N) is 2. The van der Waals surface area contributed by atoms with Crippen molar-refractivity contribution in [3.63, 3.8) is 0 Å². The molecular weight excluding hydrogens is 358 g/mol. The Morgan fingerprint density at radius 1 is 1.15 bits per heavy atom. The predicted octanol–water partition coefficient (Wildman–Crippen LogP) is 3.71. The minimum absolute atomic E-state index is 0.0871. The first-order valence-electron chi connectivity index (χ1n) is 7.94. The molecule has 0 bridgehead atoms. The molecule has 2 rings (SSSR count). The molecule has 1 heterocycles. The van der Waals surface area contributed by atoms with Crippen molar-refractivity contribution in [1.82, 2.24) is 9.97 Å². The molecule has 2 aromatic rings. The van der Waals surface area contributed by atoms with Crippen LogP contribution in [0.25, 0.3) is 0 Å². The minimum Gasteiger partial charge on any atom is -0.497 e. The Bertz CT molecular complexity index is 790. The number of anilines is 1. The molecule has 140 valence electrons. The van der Waals surface area contributed by atoms with Crippen LogP contribution < -0.4 is 14.8 Å². The molecule has 0 amide bonds. The molecule has 0 spiro atoms. The number of carbonyl (C=O) groups is 1. The highest BCUT2D eigenvalue weighted by Crippen LogP contribution is 2.25. The highest BCUT2D eigenvalue weighted by atomic mass is 35.5. The summed E-state index contributed by atoms with van der Waals surface area (Å²) in [7, 11) is 3.17. The number of rotatable bonds is 6. The van der Waals surface area contributed by atoms with Gasteiger partial charge in [-0.3, -0.25) is 0 Å². The van der Waals surface area contributed by atoms with E-state index in [-0.39, 0.29) is 16.8 Å². The molecule has 1 aromatic heterocycles. The van der Waals surface area contributed by atoms with Gasteiger partial charge >= 0.3 is 5.97 Å². The average molecular weight is 380 g/mol. The van der Waals surface area contributed by atoms with E-state index in [4.69, 9.17) is 25.8 Å². The Morgan fingerprint density at radius 3 is 2.50 bits per heavy atom. The van der Waals surface area contributed by atoms with Gasteiger partial charge in [-0.15, -0.1) is 0 Å². The Labute approximate surface area is 157 Å². The second-order valence-corrected chi connectivity index (χ2v) is 6.82. The fraction of sp³-hybridized carbons (Fsp3) is 0.389. The van der Waals surface area contributed by atoms with Crippen molar-refractivity contribution < 1.29 is 19.0 Å². The molecular formula is C18H22ClN3O4. The maximum Gasteiger partial charge on any atom is 0.357 e. The Balaban J connectivity index is 2.16. The summed E-state index contributed by atoms with van der Waals surface area (Å²) in [5.74, 6) is 1.01. The van der Waals surface area contributed by atoms with Gasteiger partial charge in [0.1, 0.15) is 22.3 Å². The second kappa shape index (κ2) is 8.23. The van der Waals surface area contributed by atoms with E-state index in [1.54, 1.807) is 41.1 Å². The standard InChI is InChI=1S/C18H22ClN3O4/c1-18(2,3)26-16(23)13-9-15(19)22-17(21-13)20-10-11-6-7-12(24-4)8-14(11)25-5/h6-9H,10H2,1-5H3,(H,20,21,22). The normalized spacial score (nSPS) is 11.0. The van der Waals surface area contributed by atoms with Gasteiger partial charge in [-0.25, -0.2) is 14.8 Å². The lowest BCUT2D eigenvalue weighted by atomic mass is 10.2. The molecule has 0 saturated carbocycles. The predicted molar refractivity (Wildman–Crippen MR) is 99.1 cm³/mol. The number of aromatic nitrogens is 2. The third-order valence-electron chi connectivity index (χ3n) is 3.23. The monoisotopic (exact) mass is 379 g/mol. The van der Waals surface area contributed by atoms with Crippen molar-refractivity contribution in [3.8, 4) is 11.5 Å². The van der Waals surface area contributed by atoms with Gasteiger partial charge in [0.05, 0.1) is 14.2 Å². The van der Waals surface area contributed by atoms with E-state index in [1.807, 2.05) is 12.1 Å². The molecule has 0 aliphatic heterocycles. The van der Waals surface area contributed by atoms with E-state index in [0.29, 0.717) is 18.0 Å². The lowest BCUT2D eigenvalue weighted by Gasteiger charge is -2.19. The van der Waals surface area contributed by atoms with Crippen LogP contribution in [0.5, 0.6) is 11.5 Å².